The molecular formula is C35H35N3O5. The second-order valence-corrected chi connectivity index (χ2v) is 12.2. The molecule has 3 aromatic carbocycles. The third-order valence-electron chi connectivity index (χ3n) is 9.52. The van der Waals surface area contributed by atoms with Gasteiger partial charge in [0.25, 0.3) is 5.91 Å². The standard InChI is InChI=1S/C35H35N3O5/c1-22(2)27(21-39)38-31-34(42)37(26-16-15-23-10-6-7-11-24(23)20-26)19-9-17-35(31)30(33(38)41)29-28(43-35)14-8-18-36(32(29)40)25-12-4-3-5-13-25/h3-17,20,22,27-31,39H,18-19,21H2,1-2H3/t27-,28+,29-,30-,31?,35-/m0/s1. The zero-order valence-electron chi connectivity index (χ0n) is 24.2. The summed E-state index contributed by atoms with van der Waals surface area (Å²) in [6, 6.07) is 21.6. The largest absolute Gasteiger partial charge is 0.394 e. The fourth-order valence-corrected chi connectivity index (χ4v) is 7.47. The van der Waals surface area contributed by atoms with E-state index in [1.54, 1.807) is 9.80 Å². The average molecular weight is 578 g/mol. The number of aliphatic hydroxyl groups is 1. The number of para-hydroxylation sites is 1. The molecule has 1 spiro atoms. The highest BCUT2D eigenvalue weighted by atomic mass is 16.5. The van der Waals surface area contributed by atoms with Crippen LogP contribution < -0.4 is 9.80 Å². The highest BCUT2D eigenvalue weighted by Gasteiger charge is 2.72. The molecule has 0 radical (unpaired) electrons. The van der Waals surface area contributed by atoms with E-state index in [2.05, 4.69) is 0 Å². The molecule has 0 saturated carbocycles. The average Bonchev–Trinajstić information content (AvgIpc) is 3.32. The first kappa shape index (κ1) is 27.6. The lowest BCUT2D eigenvalue weighted by Gasteiger charge is -2.39. The van der Waals surface area contributed by atoms with Gasteiger partial charge in [0.05, 0.1) is 30.6 Å². The molecule has 4 aliphatic rings. The van der Waals surface area contributed by atoms with Crippen LogP contribution in [0.3, 0.4) is 0 Å². The summed E-state index contributed by atoms with van der Waals surface area (Å²) >= 11 is 0. The molecule has 220 valence electrons. The van der Waals surface area contributed by atoms with E-state index < -0.39 is 35.6 Å². The Morgan fingerprint density at radius 3 is 2.28 bits per heavy atom. The Bertz CT molecular complexity index is 1650. The van der Waals surface area contributed by atoms with Crippen molar-refractivity contribution in [1.82, 2.24) is 4.90 Å². The fourth-order valence-electron chi connectivity index (χ4n) is 7.47. The number of hydrogen-bond donors (Lipinski definition) is 1. The fraction of sp³-hybridized carbons (Fsp3) is 0.343. The minimum atomic E-state index is -1.36. The van der Waals surface area contributed by atoms with Crippen LogP contribution in [-0.4, -0.2) is 71.2 Å². The van der Waals surface area contributed by atoms with Crippen molar-refractivity contribution >= 4 is 39.9 Å². The lowest BCUT2D eigenvalue weighted by Crippen LogP contribution is -2.59. The van der Waals surface area contributed by atoms with Gasteiger partial charge < -0.3 is 24.5 Å². The molecule has 0 aliphatic carbocycles. The third kappa shape index (κ3) is 4.15. The Kier molecular flexibility index (Phi) is 6.71. The highest BCUT2D eigenvalue weighted by Crippen LogP contribution is 2.54. The van der Waals surface area contributed by atoms with Crippen molar-refractivity contribution in [2.45, 2.75) is 37.6 Å². The highest BCUT2D eigenvalue weighted by molar-refractivity contribution is 6.08. The maximum Gasteiger partial charge on any atom is 0.253 e. The van der Waals surface area contributed by atoms with E-state index in [-0.39, 0.29) is 36.8 Å². The van der Waals surface area contributed by atoms with Crippen LogP contribution in [0.25, 0.3) is 10.8 Å². The van der Waals surface area contributed by atoms with Crippen molar-refractivity contribution in [1.29, 1.82) is 0 Å². The minimum Gasteiger partial charge on any atom is -0.394 e. The minimum absolute atomic E-state index is 0.139. The maximum absolute atomic E-state index is 14.8. The Morgan fingerprint density at radius 1 is 0.837 bits per heavy atom. The molecule has 8 heteroatoms. The van der Waals surface area contributed by atoms with Crippen LogP contribution in [0.15, 0.2) is 97.1 Å². The number of hydrogen-bond acceptors (Lipinski definition) is 5. The molecule has 3 amide bonds. The number of nitrogens with zero attached hydrogens (tertiary/aromatic N) is 3. The van der Waals surface area contributed by atoms with Crippen LogP contribution in [0, 0.1) is 17.8 Å². The van der Waals surface area contributed by atoms with E-state index in [0.717, 1.165) is 16.5 Å². The van der Waals surface area contributed by atoms with Gasteiger partial charge in [-0.3, -0.25) is 14.4 Å². The molecule has 7 rings (SSSR count). The zero-order valence-corrected chi connectivity index (χ0v) is 24.2. The van der Waals surface area contributed by atoms with Crippen LogP contribution in [0.4, 0.5) is 11.4 Å². The summed E-state index contributed by atoms with van der Waals surface area (Å²) in [6.45, 7) is 4.18. The van der Waals surface area contributed by atoms with E-state index in [9.17, 15) is 19.5 Å². The van der Waals surface area contributed by atoms with Crippen molar-refractivity contribution in [2.75, 3.05) is 29.5 Å². The van der Waals surface area contributed by atoms with E-state index >= 15 is 0 Å². The molecule has 6 atom stereocenters. The SMILES string of the molecule is CC(C)[C@H](CO)N1C(=O)[C@@H]2[C@H]3C(=O)N(c4ccccc4)CC=C[C@H]3O[C@@]23C=CCN(c2ccc4ccccc4c2)C(=O)C13. The van der Waals surface area contributed by atoms with Gasteiger partial charge >= 0.3 is 0 Å². The lowest BCUT2D eigenvalue weighted by atomic mass is 9.77. The number of anilines is 2. The molecule has 2 saturated heterocycles. The first-order chi connectivity index (χ1) is 20.9. The number of carbonyl (C=O) groups excluding carboxylic acids is 3. The van der Waals surface area contributed by atoms with E-state index in [1.807, 2.05) is 111 Å². The van der Waals surface area contributed by atoms with Crippen LogP contribution in [0.5, 0.6) is 0 Å². The van der Waals surface area contributed by atoms with Gasteiger partial charge in [0.15, 0.2) is 0 Å². The monoisotopic (exact) mass is 577 g/mol. The molecule has 0 bridgehead atoms. The Labute approximate surface area is 250 Å². The number of aliphatic hydroxyl groups excluding tert-OH is 1. The zero-order chi connectivity index (χ0) is 29.9. The van der Waals surface area contributed by atoms with Crippen molar-refractivity contribution < 1.29 is 24.2 Å². The van der Waals surface area contributed by atoms with Gasteiger partial charge in [-0.05, 0) is 41.0 Å². The molecule has 8 nitrogen and oxygen atoms in total. The molecule has 4 aliphatic heterocycles. The normalized spacial score (nSPS) is 29.1. The molecule has 0 aromatic heterocycles. The number of fused-ring (bicyclic) bond motifs is 3. The van der Waals surface area contributed by atoms with Gasteiger partial charge in [0.1, 0.15) is 11.6 Å². The molecular weight excluding hydrogens is 542 g/mol. The summed E-state index contributed by atoms with van der Waals surface area (Å²) in [7, 11) is 0. The van der Waals surface area contributed by atoms with Crippen LogP contribution in [0.2, 0.25) is 0 Å². The second kappa shape index (κ2) is 10.5. The third-order valence-corrected chi connectivity index (χ3v) is 9.52. The van der Waals surface area contributed by atoms with Gasteiger partial charge in [-0.2, -0.15) is 0 Å². The topological polar surface area (TPSA) is 90.4 Å². The Hall–Kier alpha value is -4.27. The molecule has 1 unspecified atom stereocenters. The molecule has 43 heavy (non-hydrogen) atoms. The van der Waals surface area contributed by atoms with E-state index in [0.29, 0.717) is 12.2 Å². The number of amides is 3. The number of carbonyl (C=O) groups is 3. The van der Waals surface area contributed by atoms with Gasteiger partial charge in [-0.15, -0.1) is 0 Å². The molecule has 1 N–H and O–H groups in total. The van der Waals surface area contributed by atoms with Crippen molar-refractivity contribution in [3.8, 4) is 0 Å². The van der Waals surface area contributed by atoms with Crippen molar-refractivity contribution in [3.05, 3.63) is 97.1 Å². The second-order valence-electron chi connectivity index (χ2n) is 12.2. The van der Waals surface area contributed by atoms with E-state index in [1.165, 1.54) is 4.90 Å². The number of rotatable bonds is 5. The number of benzene rings is 3. The smallest absolute Gasteiger partial charge is 0.253 e. The predicted molar refractivity (Wildman–Crippen MR) is 164 cm³/mol. The molecule has 2 fully saturated rings. The summed E-state index contributed by atoms with van der Waals surface area (Å²) in [5.41, 5.74) is 0.0877. The number of likely N-dealkylation sites (tertiary alicyclic amines) is 1. The lowest BCUT2D eigenvalue weighted by molar-refractivity contribution is -0.145. The molecule has 3 aromatic rings. The summed E-state index contributed by atoms with van der Waals surface area (Å²) in [5, 5.41) is 12.6. The van der Waals surface area contributed by atoms with Crippen LogP contribution in [0.1, 0.15) is 13.8 Å². The van der Waals surface area contributed by atoms with Gasteiger partial charge in [0.2, 0.25) is 11.8 Å². The first-order valence-corrected chi connectivity index (χ1v) is 15.0. The Balaban J connectivity index is 1.35. The van der Waals surface area contributed by atoms with Gasteiger partial charge in [0, 0.05) is 24.5 Å². The summed E-state index contributed by atoms with van der Waals surface area (Å²) in [6.07, 6.45) is 6.82. The van der Waals surface area contributed by atoms with Gasteiger partial charge in [-0.25, -0.2) is 0 Å². The number of ether oxygens (including phenoxy) is 1. The summed E-state index contributed by atoms with van der Waals surface area (Å²) in [4.78, 5) is 48.6. The Morgan fingerprint density at radius 2 is 1.53 bits per heavy atom. The van der Waals surface area contributed by atoms with Crippen LogP contribution >= 0.6 is 0 Å². The summed E-state index contributed by atoms with van der Waals surface area (Å²) in [5.74, 6) is -2.72. The predicted octanol–water partition coefficient (Wildman–Crippen LogP) is 3.94. The van der Waals surface area contributed by atoms with Crippen molar-refractivity contribution in [3.63, 3.8) is 0 Å². The maximum atomic E-state index is 14.8. The van der Waals surface area contributed by atoms with Crippen molar-refractivity contribution in [2.24, 2.45) is 17.8 Å². The molecule has 4 heterocycles. The first-order valence-electron chi connectivity index (χ1n) is 15.0. The van der Waals surface area contributed by atoms with Gasteiger partial charge in [-0.1, -0.05) is 86.7 Å². The quantitative estimate of drug-likeness (QED) is 0.464. The summed E-state index contributed by atoms with van der Waals surface area (Å²) < 4.78 is 6.78. The van der Waals surface area contributed by atoms with Crippen LogP contribution in [-0.2, 0) is 19.1 Å². The van der Waals surface area contributed by atoms with E-state index in [4.69, 9.17) is 4.74 Å².